The van der Waals surface area contributed by atoms with Gasteiger partial charge < -0.3 is 14.4 Å². The van der Waals surface area contributed by atoms with E-state index >= 15 is 0 Å². The molecule has 9 nitrogen and oxygen atoms in total. The minimum Gasteiger partial charge on any atom is -0.490 e. The molecule has 0 aliphatic carbocycles. The van der Waals surface area contributed by atoms with Crippen molar-refractivity contribution in [3.8, 4) is 22.1 Å². The Balaban J connectivity index is 1.56. The maximum atomic E-state index is 12.3. The molecular formula is C25H28BrN5O4S2. The molecule has 0 saturated heterocycles. The van der Waals surface area contributed by atoms with Gasteiger partial charge in [-0.2, -0.15) is 5.10 Å². The minimum absolute atomic E-state index is 0.0943. The second kappa shape index (κ2) is 14.7. The van der Waals surface area contributed by atoms with Crippen molar-refractivity contribution in [1.82, 2.24) is 20.5 Å². The fraction of sp³-hybridized carbons (Fsp3) is 0.320. The van der Waals surface area contributed by atoms with E-state index in [1.165, 1.54) is 29.3 Å². The number of benzene rings is 2. The number of nitrogens with zero attached hydrogens (tertiary/aromatic N) is 4. The van der Waals surface area contributed by atoms with E-state index in [0.29, 0.717) is 45.6 Å². The lowest BCUT2D eigenvalue weighted by Gasteiger charge is -2.20. The third-order valence-electron chi connectivity index (χ3n) is 4.94. The molecule has 1 heterocycles. The minimum atomic E-state index is -0.267. The summed E-state index contributed by atoms with van der Waals surface area (Å²) >= 11 is 6.22. The van der Waals surface area contributed by atoms with Crippen molar-refractivity contribution in [2.45, 2.75) is 25.1 Å². The summed E-state index contributed by atoms with van der Waals surface area (Å²) in [5.41, 5.74) is 4.19. The van der Waals surface area contributed by atoms with Gasteiger partial charge in [-0.05, 0) is 54.4 Å². The lowest BCUT2D eigenvalue weighted by molar-refractivity contribution is -0.133. The highest BCUT2D eigenvalue weighted by Gasteiger charge is 2.16. The molecule has 1 N–H and O–H groups in total. The van der Waals surface area contributed by atoms with E-state index in [1.807, 2.05) is 51.1 Å². The van der Waals surface area contributed by atoms with Gasteiger partial charge in [-0.1, -0.05) is 53.4 Å². The number of hydrazone groups is 1. The average molecular weight is 607 g/mol. The molecule has 0 atom stereocenters. The molecule has 2 aromatic carbocycles. The van der Waals surface area contributed by atoms with Crippen molar-refractivity contribution < 1.29 is 19.1 Å². The molecule has 0 fully saturated rings. The second-order valence-corrected chi connectivity index (χ2v) is 10.5. The first-order valence-electron chi connectivity index (χ1n) is 11.7. The van der Waals surface area contributed by atoms with Crippen molar-refractivity contribution in [2.24, 2.45) is 5.10 Å². The Morgan fingerprint density at radius 3 is 2.59 bits per heavy atom. The van der Waals surface area contributed by atoms with E-state index in [1.54, 1.807) is 17.0 Å². The number of thioether (sulfide) groups is 1. The number of nitrogens with one attached hydrogen (secondary N) is 1. The van der Waals surface area contributed by atoms with Gasteiger partial charge in [0.1, 0.15) is 5.01 Å². The van der Waals surface area contributed by atoms with Crippen LogP contribution in [0.2, 0.25) is 0 Å². The number of aromatic nitrogens is 2. The number of halogens is 1. The predicted octanol–water partition coefficient (Wildman–Crippen LogP) is 4.86. The molecule has 0 bridgehead atoms. The number of ether oxygens (including phenoxy) is 2. The molecule has 3 rings (SSSR count). The quantitative estimate of drug-likeness (QED) is 0.168. The zero-order valence-corrected chi connectivity index (χ0v) is 24.0. The summed E-state index contributed by atoms with van der Waals surface area (Å²) < 4.78 is 12.8. The Morgan fingerprint density at radius 2 is 1.89 bits per heavy atom. The molecule has 0 saturated carbocycles. The standard InChI is InChI=1S/C25H28BrN5O4S2/c1-4-31(5-2)22(33)15-35-23-19(26)12-17(13-20(23)34-6-3)14-27-28-21(32)16-36-25-30-29-24(37-25)18-10-8-7-9-11-18/h7-14H,4-6,15-16H2,1-3H3,(H,28,32). The number of carbonyl (C=O) groups is 2. The first-order chi connectivity index (χ1) is 17.9. The maximum Gasteiger partial charge on any atom is 0.260 e. The highest BCUT2D eigenvalue weighted by molar-refractivity contribution is 9.10. The Bertz CT molecular complexity index is 1220. The molecule has 3 aromatic rings. The average Bonchev–Trinajstić information content (AvgIpc) is 3.38. The van der Waals surface area contributed by atoms with Gasteiger partial charge in [0.2, 0.25) is 0 Å². The van der Waals surface area contributed by atoms with E-state index in [9.17, 15) is 9.59 Å². The van der Waals surface area contributed by atoms with Crippen molar-refractivity contribution in [1.29, 1.82) is 0 Å². The Kier molecular flexibility index (Phi) is 11.4. The van der Waals surface area contributed by atoms with Gasteiger partial charge in [-0.25, -0.2) is 5.43 Å². The molecule has 0 aliphatic heterocycles. The molecule has 12 heteroatoms. The van der Waals surface area contributed by atoms with Crippen LogP contribution < -0.4 is 14.9 Å². The smallest absolute Gasteiger partial charge is 0.260 e. The summed E-state index contributed by atoms with van der Waals surface area (Å²) in [4.78, 5) is 26.3. The summed E-state index contributed by atoms with van der Waals surface area (Å²) in [6.07, 6.45) is 1.51. The highest BCUT2D eigenvalue weighted by atomic mass is 79.9. The molecule has 37 heavy (non-hydrogen) atoms. The van der Waals surface area contributed by atoms with Crippen LogP contribution in [0.5, 0.6) is 11.5 Å². The summed E-state index contributed by atoms with van der Waals surface area (Å²) in [7, 11) is 0. The summed E-state index contributed by atoms with van der Waals surface area (Å²) in [6, 6.07) is 13.3. The van der Waals surface area contributed by atoms with E-state index in [-0.39, 0.29) is 24.2 Å². The first kappa shape index (κ1) is 28.6. The molecular weight excluding hydrogens is 578 g/mol. The van der Waals surface area contributed by atoms with Crippen molar-refractivity contribution in [2.75, 3.05) is 32.1 Å². The normalized spacial score (nSPS) is 10.9. The number of likely N-dealkylation sites (N-methyl/N-ethyl adjacent to an activating group) is 1. The van der Waals surface area contributed by atoms with Crippen LogP contribution in [0.15, 0.2) is 56.4 Å². The number of hydrogen-bond acceptors (Lipinski definition) is 9. The summed E-state index contributed by atoms with van der Waals surface area (Å²) in [5.74, 6) is 0.694. The fourth-order valence-corrected chi connectivity index (χ4v) is 5.39. The first-order valence-corrected chi connectivity index (χ1v) is 14.2. The third kappa shape index (κ3) is 8.54. The number of rotatable bonds is 13. The molecule has 0 spiro atoms. The highest BCUT2D eigenvalue weighted by Crippen LogP contribution is 2.36. The van der Waals surface area contributed by atoms with Crippen LogP contribution in [-0.2, 0) is 9.59 Å². The second-order valence-electron chi connectivity index (χ2n) is 7.44. The molecule has 0 unspecified atom stereocenters. The zero-order chi connectivity index (χ0) is 26.6. The Labute approximate surface area is 232 Å². The van der Waals surface area contributed by atoms with Gasteiger partial charge in [0.05, 0.1) is 23.0 Å². The van der Waals surface area contributed by atoms with Crippen LogP contribution in [-0.4, -0.2) is 65.2 Å². The molecule has 1 aromatic heterocycles. The van der Waals surface area contributed by atoms with Crippen LogP contribution >= 0.6 is 39.0 Å². The van der Waals surface area contributed by atoms with Gasteiger partial charge in [-0.3, -0.25) is 9.59 Å². The molecule has 0 aliphatic rings. The van der Waals surface area contributed by atoms with Crippen LogP contribution in [0.3, 0.4) is 0 Å². The van der Waals surface area contributed by atoms with Crippen molar-refractivity contribution in [3.05, 3.63) is 52.5 Å². The lowest BCUT2D eigenvalue weighted by atomic mass is 10.2. The third-order valence-corrected chi connectivity index (χ3v) is 7.64. The van der Waals surface area contributed by atoms with Gasteiger partial charge in [0.25, 0.3) is 11.8 Å². The maximum absolute atomic E-state index is 12.3. The molecule has 2 amide bonds. The lowest BCUT2D eigenvalue weighted by Crippen LogP contribution is -2.34. The largest absolute Gasteiger partial charge is 0.490 e. The van der Waals surface area contributed by atoms with Crippen LogP contribution in [0.4, 0.5) is 0 Å². The van der Waals surface area contributed by atoms with Crippen molar-refractivity contribution in [3.63, 3.8) is 0 Å². The summed E-state index contributed by atoms with van der Waals surface area (Å²) in [6.45, 7) is 7.26. The van der Waals surface area contributed by atoms with Gasteiger partial charge in [-0.15, -0.1) is 10.2 Å². The predicted molar refractivity (Wildman–Crippen MR) is 151 cm³/mol. The van der Waals surface area contributed by atoms with E-state index in [0.717, 1.165) is 10.6 Å². The fourth-order valence-electron chi connectivity index (χ4n) is 3.17. The number of amides is 2. The van der Waals surface area contributed by atoms with Gasteiger partial charge >= 0.3 is 0 Å². The number of carbonyl (C=O) groups excluding carboxylic acids is 2. The Morgan fingerprint density at radius 1 is 1.14 bits per heavy atom. The van der Waals surface area contributed by atoms with Crippen LogP contribution in [0.25, 0.3) is 10.6 Å². The monoisotopic (exact) mass is 605 g/mol. The van der Waals surface area contributed by atoms with E-state index < -0.39 is 0 Å². The SMILES string of the molecule is CCOc1cc(C=NNC(=O)CSc2nnc(-c3ccccc3)s2)cc(Br)c1OCC(=O)N(CC)CC. The molecule has 196 valence electrons. The zero-order valence-electron chi connectivity index (χ0n) is 20.8. The van der Waals surface area contributed by atoms with E-state index in [2.05, 4.69) is 36.7 Å². The summed E-state index contributed by atoms with van der Waals surface area (Å²) in [5, 5.41) is 13.2. The van der Waals surface area contributed by atoms with Crippen LogP contribution in [0, 0.1) is 0 Å². The molecule has 0 radical (unpaired) electrons. The van der Waals surface area contributed by atoms with E-state index in [4.69, 9.17) is 9.47 Å². The van der Waals surface area contributed by atoms with Crippen molar-refractivity contribution >= 4 is 57.1 Å². The van der Waals surface area contributed by atoms with Gasteiger partial charge in [0, 0.05) is 18.7 Å². The number of hydrogen-bond donors (Lipinski definition) is 1. The van der Waals surface area contributed by atoms with Gasteiger partial charge in [0.15, 0.2) is 22.4 Å². The van der Waals surface area contributed by atoms with Crippen LogP contribution in [0.1, 0.15) is 26.3 Å². The topological polar surface area (TPSA) is 106 Å². The Hall–Kier alpha value is -2.96.